The van der Waals surface area contributed by atoms with Crippen molar-refractivity contribution in [3.05, 3.63) is 0 Å². The fourth-order valence-corrected chi connectivity index (χ4v) is 2.76. The first-order valence-electron chi connectivity index (χ1n) is 6.24. The van der Waals surface area contributed by atoms with Gasteiger partial charge < -0.3 is 15.0 Å². The van der Waals surface area contributed by atoms with Crippen LogP contribution < -0.4 is 5.32 Å². The molecule has 0 aromatic heterocycles. The van der Waals surface area contributed by atoms with Crippen molar-refractivity contribution in [1.82, 2.24) is 10.2 Å². The largest absolute Gasteiger partial charge is 0.381 e. The van der Waals surface area contributed by atoms with Crippen LogP contribution in [0.1, 0.15) is 32.6 Å². The highest BCUT2D eigenvalue weighted by atomic mass is 16.5. The molecular formula is C12H20N2O3. The van der Waals surface area contributed by atoms with Gasteiger partial charge in [-0.1, -0.05) is 0 Å². The Morgan fingerprint density at radius 2 is 2.12 bits per heavy atom. The molecule has 5 nitrogen and oxygen atoms in total. The van der Waals surface area contributed by atoms with Gasteiger partial charge >= 0.3 is 0 Å². The molecule has 1 aliphatic heterocycles. The summed E-state index contributed by atoms with van der Waals surface area (Å²) < 4.78 is 5.36. The molecule has 2 fully saturated rings. The molecule has 1 heterocycles. The summed E-state index contributed by atoms with van der Waals surface area (Å²) in [6, 6.07) is -0.228. The first kappa shape index (κ1) is 12.4. The van der Waals surface area contributed by atoms with Crippen molar-refractivity contribution in [3.8, 4) is 0 Å². The van der Waals surface area contributed by atoms with Gasteiger partial charge in [-0.05, 0) is 32.6 Å². The van der Waals surface area contributed by atoms with E-state index < -0.39 is 0 Å². The highest BCUT2D eigenvalue weighted by molar-refractivity contribution is 5.94. The summed E-state index contributed by atoms with van der Waals surface area (Å²) in [5.41, 5.74) is 0. The topological polar surface area (TPSA) is 58.6 Å². The number of hydrogen-bond acceptors (Lipinski definition) is 3. The fourth-order valence-electron chi connectivity index (χ4n) is 2.76. The number of ether oxygens (including phenoxy) is 1. The second-order valence-corrected chi connectivity index (χ2v) is 4.93. The van der Waals surface area contributed by atoms with Crippen LogP contribution in [0.25, 0.3) is 0 Å². The van der Waals surface area contributed by atoms with Crippen molar-refractivity contribution in [3.63, 3.8) is 0 Å². The van der Waals surface area contributed by atoms with Gasteiger partial charge in [0.15, 0.2) is 0 Å². The van der Waals surface area contributed by atoms with Crippen LogP contribution in [0.5, 0.6) is 0 Å². The molecule has 0 bridgehead atoms. The zero-order valence-electron chi connectivity index (χ0n) is 10.4. The number of carbonyl (C=O) groups is 2. The second kappa shape index (κ2) is 5.04. The number of nitrogens with zero attached hydrogens (tertiary/aromatic N) is 1. The first-order chi connectivity index (χ1) is 8.11. The number of hydrogen-bond donors (Lipinski definition) is 1. The highest BCUT2D eigenvalue weighted by Crippen LogP contribution is 2.26. The number of rotatable bonds is 2. The summed E-state index contributed by atoms with van der Waals surface area (Å²) in [6.07, 6.45) is 4.16. The highest BCUT2D eigenvalue weighted by Gasteiger charge is 2.36. The number of nitrogens with one attached hydrogen (secondary N) is 1. The van der Waals surface area contributed by atoms with E-state index in [1.165, 1.54) is 0 Å². The van der Waals surface area contributed by atoms with Crippen molar-refractivity contribution in [2.75, 3.05) is 13.7 Å². The Labute approximate surface area is 101 Å². The Bertz CT molecular complexity index is 319. The van der Waals surface area contributed by atoms with E-state index in [-0.39, 0.29) is 36.5 Å². The summed E-state index contributed by atoms with van der Waals surface area (Å²) in [4.78, 5) is 25.3. The lowest BCUT2D eigenvalue weighted by Gasteiger charge is -2.40. The number of piperazine rings is 1. The van der Waals surface area contributed by atoms with Crippen LogP contribution in [-0.2, 0) is 14.3 Å². The van der Waals surface area contributed by atoms with Crippen molar-refractivity contribution >= 4 is 11.8 Å². The SMILES string of the molecule is COC1CCCC(N2CC(=O)NC(C)C2=O)C1. The normalized spacial score (nSPS) is 34.7. The Morgan fingerprint density at radius 1 is 1.35 bits per heavy atom. The predicted molar refractivity (Wildman–Crippen MR) is 62.4 cm³/mol. The molecule has 1 saturated heterocycles. The van der Waals surface area contributed by atoms with E-state index in [0.29, 0.717) is 0 Å². The third-order valence-corrected chi connectivity index (χ3v) is 3.72. The lowest BCUT2D eigenvalue weighted by atomic mass is 9.91. The number of carbonyl (C=O) groups excluding carboxylic acids is 2. The van der Waals surface area contributed by atoms with E-state index in [0.717, 1.165) is 25.7 Å². The van der Waals surface area contributed by atoms with Gasteiger partial charge in [0.25, 0.3) is 0 Å². The third kappa shape index (κ3) is 2.60. The maximum Gasteiger partial charge on any atom is 0.245 e. The van der Waals surface area contributed by atoms with Gasteiger partial charge in [-0.3, -0.25) is 9.59 Å². The summed E-state index contributed by atoms with van der Waals surface area (Å²) in [6.45, 7) is 1.94. The molecule has 0 radical (unpaired) electrons. The number of methoxy groups -OCH3 is 1. The average Bonchev–Trinajstić information content (AvgIpc) is 2.34. The summed E-state index contributed by atoms with van der Waals surface area (Å²) in [5, 5.41) is 2.66. The standard InChI is InChI=1S/C12H20N2O3/c1-8-12(16)14(7-11(15)13-8)9-4-3-5-10(6-9)17-2/h8-10H,3-7H2,1-2H3,(H,13,15). The van der Waals surface area contributed by atoms with Crippen molar-refractivity contribution in [2.45, 2.75) is 50.8 Å². The maximum atomic E-state index is 12.0. The van der Waals surface area contributed by atoms with E-state index in [2.05, 4.69) is 5.32 Å². The minimum Gasteiger partial charge on any atom is -0.381 e. The first-order valence-corrected chi connectivity index (χ1v) is 6.24. The number of amides is 2. The maximum absolute atomic E-state index is 12.0. The molecule has 2 aliphatic rings. The third-order valence-electron chi connectivity index (χ3n) is 3.72. The Morgan fingerprint density at radius 3 is 2.82 bits per heavy atom. The van der Waals surface area contributed by atoms with E-state index in [1.54, 1.807) is 18.9 Å². The average molecular weight is 240 g/mol. The Balaban J connectivity index is 2.04. The smallest absolute Gasteiger partial charge is 0.245 e. The quantitative estimate of drug-likeness (QED) is 0.755. The second-order valence-electron chi connectivity index (χ2n) is 4.93. The van der Waals surface area contributed by atoms with Crippen molar-refractivity contribution in [1.29, 1.82) is 0 Å². The molecule has 0 aromatic rings. The zero-order valence-corrected chi connectivity index (χ0v) is 10.4. The van der Waals surface area contributed by atoms with Gasteiger partial charge in [-0.2, -0.15) is 0 Å². The van der Waals surface area contributed by atoms with Gasteiger partial charge in [0.1, 0.15) is 6.04 Å². The van der Waals surface area contributed by atoms with Gasteiger partial charge in [0.2, 0.25) is 11.8 Å². The van der Waals surface area contributed by atoms with Crippen LogP contribution in [0, 0.1) is 0 Å². The molecule has 96 valence electrons. The minimum atomic E-state index is -0.390. The molecule has 2 amide bonds. The lowest BCUT2D eigenvalue weighted by Crippen LogP contribution is -2.60. The molecule has 0 aromatic carbocycles. The zero-order chi connectivity index (χ0) is 12.4. The van der Waals surface area contributed by atoms with Crippen LogP contribution in [0.3, 0.4) is 0 Å². The van der Waals surface area contributed by atoms with E-state index in [1.807, 2.05) is 0 Å². The molecule has 3 unspecified atom stereocenters. The van der Waals surface area contributed by atoms with Crippen LogP contribution in [-0.4, -0.2) is 48.6 Å². The predicted octanol–water partition coefficient (Wildman–Crippen LogP) is 0.291. The van der Waals surface area contributed by atoms with E-state index in [4.69, 9.17) is 4.74 Å². The van der Waals surface area contributed by atoms with E-state index in [9.17, 15) is 9.59 Å². The molecule has 3 atom stereocenters. The van der Waals surface area contributed by atoms with Crippen LogP contribution in [0.2, 0.25) is 0 Å². The Hall–Kier alpha value is -1.10. The molecule has 5 heteroatoms. The monoisotopic (exact) mass is 240 g/mol. The Kier molecular flexibility index (Phi) is 3.66. The summed E-state index contributed by atoms with van der Waals surface area (Å²) in [7, 11) is 1.71. The van der Waals surface area contributed by atoms with Crippen LogP contribution in [0.15, 0.2) is 0 Å². The minimum absolute atomic E-state index is 0.0337. The van der Waals surface area contributed by atoms with Gasteiger partial charge in [0, 0.05) is 13.2 Å². The molecule has 2 rings (SSSR count). The molecule has 0 spiro atoms. The van der Waals surface area contributed by atoms with Crippen molar-refractivity contribution < 1.29 is 14.3 Å². The summed E-state index contributed by atoms with van der Waals surface area (Å²) in [5.74, 6) is -0.0250. The lowest BCUT2D eigenvalue weighted by molar-refractivity contribution is -0.147. The van der Waals surface area contributed by atoms with Crippen LogP contribution in [0.4, 0.5) is 0 Å². The summed E-state index contributed by atoms with van der Waals surface area (Å²) >= 11 is 0. The van der Waals surface area contributed by atoms with Gasteiger partial charge in [-0.15, -0.1) is 0 Å². The molecule has 17 heavy (non-hydrogen) atoms. The van der Waals surface area contributed by atoms with Crippen LogP contribution >= 0.6 is 0 Å². The van der Waals surface area contributed by atoms with Gasteiger partial charge in [0.05, 0.1) is 12.6 Å². The molecular weight excluding hydrogens is 220 g/mol. The van der Waals surface area contributed by atoms with E-state index >= 15 is 0 Å². The van der Waals surface area contributed by atoms with Crippen molar-refractivity contribution in [2.24, 2.45) is 0 Å². The molecule has 1 saturated carbocycles. The molecule has 1 N–H and O–H groups in total. The van der Waals surface area contributed by atoms with Gasteiger partial charge in [-0.25, -0.2) is 0 Å². The fraction of sp³-hybridized carbons (Fsp3) is 0.833. The molecule has 1 aliphatic carbocycles.